The molecule has 0 saturated heterocycles. The third-order valence-corrected chi connectivity index (χ3v) is 5.86. The number of aromatic nitrogens is 2. The van der Waals surface area contributed by atoms with Crippen molar-refractivity contribution >= 4 is 17.7 Å². The molecule has 2 aliphatic rings. The molecule has 2 N–H and O–H groups in total. The molecule has 1 aromatic heterocycles. The highest BCUT2D eigenvalue weighted by atomic mass is 16.4. The molecule has 2 aliphatic carbocycles. The molecule has 1 heterocycles. The molecule has 0 aliphatic heterocycles. The third kappa shape index (κ3) is 3.11. The number of amides is 1. The number of carbonyl (C=O) groups is 2. The minimum absolute atomic E-state index is 0.146. The van der Waals surface area contributed by atoms with Gasteiger partial charge < -0.3 is 10.4 Å². The van der Waals surface area contributed by atoms with E-state index < -0.39 is 17.8 Å². The number of hydrogen-bond donors (Lipinski definition) is 2. The lowest BCUT2D eigenvalue weighted by molar-refractivity contribution is -0.148. The van der Waals surface area contributed by atoms with Crippen molar-refractivity contribution in [1.29, 1.82) is 0 Å². The fourth-order valence-corrected chi connectivity index (χ4v) is 4.63. The van der Waals surface area contributed by atoms with Crippen LogP contribution in [0.4, 0.5) is 5.82 Å². The van der Waals surface area contributed by atoms with E-state index in [1.54, 1.807) is 10.7 Å². The number of aryl methyl sites for hydroxylation is 1. The number of nitrogens with one attached hydrogen (secondary N) is 1. The van der Waals surface area contributed by atoms with Crippen LogP contribution >= 0.6 is 0 Å². The quantitative estimate of drug-likeness (QED) is 0.866. The molecule has 26 heavy (non-hydrogen) atoms. The number of fused-ring (bicyclic) bond motifs is 2. The summed E-state index contributed by atoms with van der Waals surface area (Å²) >= 11 is 0. The van der Waals surface area contributed by atoms with Crippen molar-refractivity contribution in [3.63, 3.8) is 0 Å². The monoisotopic (exact) mass is 353 g/mol. The predicted octanol–water partition coefficient (Wildman–Crippen LogP) is 2.93. The van der Waals surface area contributed by atoms with Gasteiger partial charge in [0, 0.05) is 12.3 Å². The standard InChI is InChI=1S/C20H23N3O3/c1-12-2-4-13(5-3-12)11-23-9-8-16(22-23)21-19(24)17-14-6-7-15(10-14)18(17)20(25)26/h2-5,8-9,14-15,17-18H,6-7,10-11H2,1H3,(H,25,26)(H,21,22,24)/t14-,15-,17+,18-/m0/s1. The van der Waals surface area contributed by atoms with Gasteiger partial charge >= 0.3 is 5.97 Å². The molecule has 136 valence electrons. The second-order valence-electron chi connectivity index (χ2n) is 7.60. The summed E-state index contributed by atoms with van der Waals surface area (Å²) < 4.78 is 1.77. The molecule has 2 bridgehead atoms. The van der Waals surface area contributed by atoms with Gasteiger partial charge in [-0.05, 0) is 43.6 Å². The highest BCUT2D eigenvalue weighted by molar-refractivity contribution is 5.95. The highest BCUT2D eigenvalue weighted by Crippen LogP contribution is 2.52. The van der Waals surface area contributed by atoms with Crippen LogP contribution in [0.25, 0.3) is 0 Å². The molecule has 6 heteroatoms. The van der Waals surface area contributed by atoms with Gasteiger partial charge in [0.15, 0.2) is 5.82 Å². The van der Waals surface area contributed by atoms with Gasteiger partial charge in [-0.3, -0.25) is 14.3 Å². The first kappa shape index (κ1) is 16.8. The lowest BCUT2D eigenvalue weighted by Gasteiger charge is -2.26. The highest BCUT2D eigenvalue weighted by Gasteiger charge is 2.54. The summed E-state index contributed by atoms with van der Waals surface area (Å²) in [5, 5.41) is 16.8. The summed E-state index contributed by atoms with van der Waals surface area (Å²) in [5.41, 5.74) is 2.34. The predicted molar refractivity (Wildman–Crippen MR) is 96.6 cm³/mol. The number of nitrogens with zero attached hydrogens (tertiary/aromatic N) is 2. The van der Waals surface area contributed by atoms with Crippen molar-refractivity contribution in [2.75, 3.05) is 5.32 Å². The van der Waals surface area contributed by atoms with E-state index in [4.69, 9.17) is 0 Å². The van der Waals surface area contributed by atoms with Crippen molar-refractivity contribution in [3.05, 3.63) is 47.7 Å². The summed E-state index contributed by atoms with van der Waals surface area (Å²) in [6.07, 6.45) is 4.56. The van der Waals surface area contributed by atoms with Crippen LogP contribution in [-0.4, -0.2) is 26.8 Å². The molecule has 0 radical (unpaired) electrons. The number of carboxylic acids is 1. The Morgan fingerprint density at radius 2 is 1.85 bits per heavy atom. The Balaban J connectivity index is 1.43. The minimum Gasteiger partial charge on any atom is -0.481 e. The third-order valence-electron chi connectivity index (χ3n) is 5.86. The molecule has 4 rings (SSSR count). The second kappa shape index (κ2) is 6.59. The smallest absolute Gasteiger partial charge is 0.307 e. The normalized spacial score (nSPS) is 26.8. The van der Waals surface area contributed by atoms with Gasteiger partial charge in [0.25, 0.3) is 0 Å². The Kier molecular flexibility index (Phi) is 4.26. The number of carboxylic acid groups (broad SMARTS) is 1. The largest absolute Gasteiger partial charge is 0.481 e. The Labute approximate surface area is 152 Å². The first-order valence-corrected chi connectivity index (χ1v) is 9.14. The maximum absolute atomic E-state index is 12.7. The summed E-state index contributed by atoms with van der Waals surface area (Å²) in [5.74, 6) is -1.22. The van der Waals surface area contributed by atoms with Gasteiger partial charge in [-0.15, -0.1) is 0 Å². The number of benzene rings is 1. The van der Waals surface area contributed by atoms with Crippen molar-refractivity contribution in [2.45, 2.75) is 32.7 Å². The number of carbonyl (C=O) groups excluding carboxylic acids is 1. The average molecular weight is 353 g/mol. The van der Waals surface area contributed by atoms with E-state index >= 15 is 0 Å². The van der Waals surface area contributed by atoms with E-state index in [0.717, 1.165) is 24.8 Å². The Hall–Kier alpha value is -2.63. The van der Waals surface area contributed by atoms with Gasteiger partial charge in [0.1, 0.15) is 0 Å². The molecule has 1 amide bonds. The van der Waals surface area contributed by atoms with Crippen LogP contribution in [-0.2, 0) is 16.1 Å². The maximum Gasteiger partial charge on any atom is 0.307 e. The van der Waals surface area contributed by atoms with Crippen molar-refractivity contribution < 1.29 is 14.7 Å². The molecular formula is C20H23N3O3. The van der Waals surface area contributed by atoms with Gasteiger partial charge in [-0.25, -0.2) is 0 Å². The Morgan fingerprint density at radius 3 is 2.54 bits per heavy atom. The fourth-order valence-electron chi connectivity index (χ4n) is 4.63. The van der Waals surface area contributed by atoms with E-state index in [0.29, 0.717) is 12.4 Å². The second-order valence-corrected chi connectivity index (χ2v) is 7.60. The number of anilines is 1. The topological polar surface area (TPSA) is 84.2 Å². The first-order valence-electron chi connectivity index (χ1n) is 9.14. The molecule has 0 spiro atoms. The lowest BCUT2D eigenvalue weighted by atomic mass is 9.79. The number of hydrogen-bond acceptors (Lipinski definition) is 3. The summed E-state index contributed by atoms with van der Waals surface area (Å²) in [6, 6.07) is 9.99. The van der Waals surface area contributed by atoms with E-state index in [-0.39, 0.29) is 17.7 Å². The Morgan fingerprint density at radius 1 is 1.15 bits per heavy atom. The van der Waals surface area contributed by atoms with E-state index in [1.165, 1.54) is 5.56 Å². The molecule has 2 fully saturated rings. The molecule has 2 aromatic rings. The zero-order valence-corrected chi connectivity index (χ0v) is 14.8. The van der Waals surface area contributed by atoms with Crippen molar-refractivity contribution in [2.24, 2.45) is 23.7 Å². The van der Waals surface area contributed by atoms with Gasteiger partial charge in [0.2, 0.25) is 5.91 Å². The van der Waals surface area contributed by atoms with Crippen LogP contribution in [0.1, 0.15) is 30.4 Å². The van der Waals surface area contributed by atoms with Crippen LogP contribution in [0.2, 0.25) is 0 Å². The average Bonchev–Trinajstić information content (AvgIpc) is 3.32. The van der Waals surface area contributed by atoms with Gasteiger partial charge in [0.05, 0.1) is 18.4 Å². The zero-order valence-electron chi connectivity index (χ0n) is 14.8. The van der Waals surface area contributed by atoms with Crippen LogP contribution in [0, 0.1) is 30.6 Å². The Bertz CT molecular complexity index is 827. The van der Waals surface area contributed by atoms with E-state index in [1.807, 2.05) is 13.1 Å². The molecule has 4 atom stereocenters. The summed E-state index contributed by atoms with van der Waals surface area (Å²) in [7, 11) is 0. The molecular weight excluding hydrogens is 330 g/mol. The van der Waals surface area contributed by atoms with Crippen molar-refractivity contribution in [3.8, 4) is 0 Å². The molecule has 0 unspecified atom stereocenters. The molecule has 2 saturated carbocycles. The van der Waals surface area contributed by atoms with Gasteiger partial charge in [-0.1, -0.05) is 29.8 Å². The van der Waals surface area contributed by atoms with Crippen molar-refractivity contribution in [1.82, 2.24) is 9.78 Å². The molecule has 1 aromatic carbocycles. The van der Waals surface area contributed by atoms with Crippen LogP contribution in [0.15, 0.2) is 36.5 Å². The molecule has 6 nitrogen and oxygen atoms in total. The fraction of sp³-hybridized carbons (Fsp3) is 0.450. The summed E-state index contributed by atoms with van der Waals surface area (Å²) in [4.78, 5) is 24.3. The lowest BCUT2D eigenvalue weighted by Crippen LogP contribution is -2.37. The van der Waals surface area contributed by atoms with Gasteiger partial charge in [-0.2, -0.15) is 5.10 Å². The van der Waals surface area contributed by atoms with E-state index in [9.17, 15) is 14.7 Å². The maximum atomic E-state index is 12.7. The number of aliphatic carboxylic acids is 1. The minimum atomic E-state index is -0.845. The van der Waals surface area contributed by atoms with Crippen LogP contribution in [0.5, 0.6) is 0 Å². The zero-order chi connectivity index (χ0) is 18.3. The first-order chi connectivity index (χ1) is 12.5. The SMILES string of the molecule is Cc1ccc(Cn2ccc(NC(=O)[C@@H]3[C@H]4CC[C@@H](C4)[C@@H]3C(=O)O)n2)cc1. The summed E-state index contributed by atoms with van der Waals surface area (Å²) in [6.45, 7) is 2.67. The van der Waals surface area contributed by atoms with Crippen LogP contribution in [0.3, 0.4) is 0 Å². The number of rotatable bonds is 5. The van der Waals surface area contributed by atoms with Crippen LogP contribution < -0.4 is 5.32 Å². The van der Waals surface area contributed by atoms with E-state index in [2.05, 4.69) is 34.7 Å².